The number of benzene rings is 3. The first kappa shape index (κ1) is 22.7. The van der Waals surface area contributed by atoms with Crippen LogP contribution in [0.1, 0.15) is 24.1 Å². The molecule has 3 unspecified atom stereocenters. The second kappa shape index (κ2) is 8.60. The highest BCUT2D eigenvalue weighted by Gasteiger charge is 2.59. The van der Waals surface area contributed by atoms with E-state index in [9.17, 15) is 4.79 Å². The Kier molecular flexibility index (Phi) is 5.73. The molecule has 8 heteroatoms. The Hall–Kier alpha value is -3.10. The van der Waals surface area contributed by atoms with Gasteiger partial charge in [-0.3, -0.25) is 9.69 Å². The molecule has 0 spiro atoms. The molecule has 2 aliphatic heterocycles. The van der Waals surface area contributed by atoms with E-state index >= 15 is 0 Å². The van der Waals surface area contributed by atoms with Gasteiger partial charge in [-0.15, -0.1) is 0 Å². The molecule has 1 saturated heterocycles. The summed E-state index contributed by atoms with van der Waals surface area (Å²) < 4.78 is 12.8. The molecular formula is C26H24BrN3O3S. The highest BCUT2D eigenvalue weighted by molar-refractivity contribution is 9.10. The highest BCUT2D eigenvalue weighted by Crippen LogP contribution is 2.50. The van der Waals surface area contributed by atoms with E-state index < -0.39 is 11.6 Å². The maximum atomic E-state index is 13.9. The fraction of sp³-hybridized carbons (Fsp3) is 0.231. The van der Waals surface area contributed by atoms with Crippen LogP contribution in [0, 0.1) is 12.8 Å². The van der Waals surface area contributed by atoms with Gasteiger partial charge in [-0.25, -0.2) is 0 Å². The summed E-state index contributed by atoms with van der Waals surface area (Å²) in [6.07, 6.45) is 0. The summed E-state index contributed by atoms with van der Waals surface area (Å²) in [5, 5.41) is 7.03. The largest absolute Gasteiger partial charge is 0.497 e. The van der Waals surface area contributed by atoms with Gasteiger partial charge in [-0.2, -0.15) is 0 Å². The Morgan fingerprint density at radius 2 is 1.91 bits per heavy atom. The molecule has 0 saturated carbocycles. The number of carbonyl (C=O) groups is 1. The van der Waals surface area contributed by atoms with Crippen molar-refractivity contribution in [2.24, 2.45) is 5.92 Å². The average molecular weight is 538 g/mol. The van der Waals surface area contributed by atoms with Crippen LogP contribution in [0.25, 0.3) is 0 Å². The number of nitrogens with one attached hydrogen (secondary N) is 2. The van der Waals surface area contributed by atoms with E-state index in [0.717, 1.165) is 32.8 Å². The number of para-hydroxylation sites is 1. The third-order valence-electron chi connectivity index (χ3n) is 6.46. The summed E-state index contributed by atoms with van der Waals surface area (Å²) in [4.78, 5) is 15.8. The van der Waals surface area contributed by atoms with Crippen molar-refractivity contribution in [1.82, 2.24) is 5.32 Å². The molecule has 3 atom stereocenters. The van der Waals surface area contributed by atoms with Gasteiger partial charge >= 0.3 is 0 Å². The summed E-state index contributed by atoms with van der Waals surface area (Å²) in [6.45, 7) is 3.95. The van der Waals surface area contributed by atoms with Gasteiger partial charge in [0.25, 0.3) is 0 Å². The molecule has 1 fully saturated rings. The lowest BCUT2D eigenvalue weighted by atomic mass is 9.78. The number of fused-ring (bicyclic) bond motifs is 4. The fourth-order valence-corrected chi connectivity index (χ4v) is 5.61. The topological polar surface area (TPSA) is 62.8 Å². The monoisotopic (exact) mass is 537 g/mol. The number of anilines is 2. The predicted octanol–water partition coefficient (Wildman–Crippen LogP) is 5.57. The summed E-state index contributed by atoms with van der Waals surface area (Å²) in [5.74, 6) is 0.664. The lowest BCUT2D eigenvalue weighted by molar-refractivity contribution is -0.130. The minimum Gasteiger partial charge on any atom is -0.497 e. The summed E-state index contributed by atoms with van der Waals surface area (Å²) in [6, 6.07) is 20.7. The van der Waals surface area contributed by atoms with Gasteiger partial charge in [0.2, 0.25) is 5.91 Å². The number of hydrogen-bond acceptors (Lipinski definition) is 4. The van der Waals surface area contributed by atoms with Crippen LogP contribution in [0.4, 0.5) is 11.4 Å². The predicted molar refractivity (Wildman–Crippen MR) is 140 cm³/mol. The molecule has 1 amide bonds. The zero-order chi connectivity index (χ0) is 24.0. The summed E-state index contributed by atoms with van der Waals surface area (Å²) in [5.41, 5.74) is 2.43. The third-order valence-corrected chi connectivity index (χ3v) is 7.25. The van der Waals surface area contributed by atoms with Crippen LogP contribution < -0.4 is 25.0 Å². The number of ether oxygens (including phenoxy) is 2. The SMILES string of the molecule is COc1ccc(NC(=O)C2C3NC(=S)N(c4ccccc4C)C2(C)Oc2ccc(Br)cc23)cc1. The molecule has 174 valence electrons. The van der Waals surface area contributed by atoms with E-state index in [1.807, 2.05) is 85.5 Å². The average Bonchev–Trinajstić information content (AvgIpc) is 2.81. The van der Waals surface area contributed by atoms with Crippen molar-refractivity contribution in [3.63, 3.8) is 0 Å². The van der Waals surface area contributed by atoms with Crippen LogP contribution >= 0.6 is 28.1 Å². The van der Waals surface area contributed by atoms with Gasteiger partial charge < -0.3 is 20.1 Å². The number of rotatable bonds is 4. The molecule has 34 heavy (non-hydrogen) atoms. The van der Waals surface area contributed by atoms with Crippen molar-refractivity contribution in [1.29, 1.82) is 0 Å². The Labute approximate surface area is 212 Å². The number of aryl methyl sites for hydroxylation is 1. The van der Waals surface area contributed by atoms with Gasteiger partial charge in [-0.05, 0) is 80.2 Å². The highest BCUT2D eigenvalue weighted by atomic mass is 79.9. The molecule has 0 radical (unpaired) electrons. The maximum absolute atomic E-state index is 13.9. The Morgan fingerprint density at radius 3 is 2.62 bits per heavy atom. The van der Waals surface area contributed by atoms with E-state index in [1.165, 1.54) is 0 Å². The van der Waals surface area contributed by atoms with Crippen LogP contribution in [0.5, 0.6) is 11.5 Å². The van der Waals surface area contributed by atoms with E-state index in [2.05, 4.69) is 26.6 Å². The van der Waals surface area contributed by atoms with E-state index in [0.29, 0.717) is 10.8 Å². The number of amides is 1. The Morgan fingerprint density at radius 1 is 1.18 bits per heavy atom. The quantitative estimate of drug-likeness (QED) is 0.424. The lowest BCUT2D eigenvalue weighted by Crippen LogP contribution is -2.72. The number of halogens is 1. The minimum absolute atomic E-state index is 0.170. The van der Waals surface area contributed by atoms with Crippen LogP contribution in [0.15, 0.2) is 71.2 Å². The second-order valence-corrected chi connectivity index (χ2v) is 9.89. The first-order valence-electron chi connectivity index (χ1n) is 10.9. The van der Waals surface area contributed by atoms with Crippen LogP contribution in [-0.2, 0) is 4.79 Å². The molecule has 0 aromatic heterocycles. The fourth-order valence-electron chi connectivity index (χ4n) is 4.83. The van der Waals surface area contributed by atoms with Crippen LogP contribution in [0.3, 0.4) is 0 Å². The lowest BCUT2D eigenvalue weighted by Gasteiger charge is -2.56. The number of carbonyl (C=O) groups excluding carboxylic acids is 1. The van der Waals surface area contributed by atoms with Crippen LogP contribution in [-0.4, -0.2) is 23.9 Å². The molecule has 3 aromatic carbocycles. The molecule has 2 aliphatic rings. The molecule has 2 N–H and O–H groups in total. The van der Waals surface area contributed by atoms with Gasteiger partial charge in [0.15, 0.2) is 10.8 Å². The van der Waals surface area contributed by atoms with Gasteiger partial charge in [0.05, 0.1) is 13.2 Å². The first-order valence-corrected chi connectivity index (χ1v) is 12.1. The molecule has 6 nitrogen and oxygen atoms in total. The second-order valence-electron chi connectivity index (χ2n) is 8.58. The van der Waals surface area contributed by atoms with E-state index in [1.54, 1.807) is 7.11 Å². The van der Waals surface area contributed by atoms with Crippen molar-refractivity contribution in [3.8, 4) is 11.5 Å². The normalized spacial score (nSPS) is 22.8. The van der Waals surface area contributed by atoms with Gasteiger partial charge in [0, 0.05) is 21.4 Å². The smallest absolute Gasteiger partial charge is 0.236 e. The Bertz CT molecular complexity index is 1280. The third kappa shape index (κ3) is 3.71. The Balaban J connectivity index is 1.61. The van der Waals surface area contributed by atoms with Crippen molar-refractivity contribution in [3.05, 3.63) is 82.3 Å². The number of methoxy groups -OCH3 is 1. The van der Waals surface area contributed by atoms with Gasteiger partial charge in [-0.1, -0.05) is 34.1 Å². The zero-order valence-corrected chi connectivity index (χ0v) is 21.4. The zero-order valence-electron chi connectivity index (χ0n) is 19.0. The summed E-state index contributed by atoms with van der Waals surface area (Å²) in [7, 11) is 1.61. The number of hydrogen-bond donors (Lipinski definition) is 2. The number of nitrogens with zero attached hydrogens (tertiary/aromatic N) is 1. The van der Waals surface area contributed by atoms with E-state index in [-0.39, 0.29) is 11.9 Å². The van der Waals surface area contributed by atoms with Crippen molar-refractivity contribution in [2.45, 2.75) is 25.6 Å². The van der Waals surface area contributed by atoms with Crippen LogP contribution in [0.2, 0.25) is 0 Å². The van der Waals surface area contributed by atoms with Gasteiger partial charge in [0.1, 0.15) is 17.4 Å². The molecular weight excluding hydrogens is 514 g/mol. The summed E-state index contributed by atoms with van der Waals surface area (Å²) >= 11 is 9.38. The molecule has 2 heterocycles. The standard InChI is InChI=1S/C26H24BrN3O3S/c1-15-6-4-5-7-20(15)30-25(34)29-23-19-14-16(27)8-13-21(19)33-26(30,2)22(23)24(31)28-17-9-11-18(32-3)12-10-17/h4-14,22-23H,1-3H3,(H,28,31)(H,29,34). The number of thiocarbonyl (C=S) groups is 1. The molecule has 0 aliphatic carbocycles. The minimum atomic E-state index is -1.06. The van der Waals surface area contributed by atoms with Crippen molar-refractivity contribution in [2.75, 3.05) is 17.3 Å². The van der Waals surface area contributed by atoms with Crippen molar-refractivity contribution >= 4 is 50.5 Å². The molecule has 3 aromatic rings. The molecule has 2 bridgehead atoms. The van der Waals surface area contributed by atoms with E-state index in [4.69, 9.17) is 21.7 Å². The first-order chi connectivity index (χ1) is 16.3. The van der Waals surface area contributed by atoms with Crippen molar-refractivity contribution < 1.29 is 14.3 Å². The maximum Gasteiger partial charge on any atom is 0.236 e. The molecule has 5 rings (SSSR count).